The van der Waals surface area contributed by atoms with Gasteiger partial charge in [0.1, 0.15) is 10.6 Å². The molecule has 1 aliphatic rings. The van der Waals surface area contributed by atoms with Crippen LogP contribution in [-0.4, -0.2) is 47.2 Å². The number of carbonyl (C=O) groups is 2. The number of carbonyl (C=O) groups excluding carboxylic acids is 2. The molecule has 4 heterocycles. The fourth-order valence-electron chi connectivity index (χ4n) is 3.65. The van der Waals surface area contributed by atoms with Crippen molar-refractivity contribution in [3.63, 3.8) is 0 Å². The molecule has 3 aromatic rings. The molecule has 170 valence electrons. The quantitative estimate of drug-likeness (QED) is 0.546. The third-order valence-electron chi connectivity index (χ3n) is 5.42. The average molecular weight is 494 g/mol. The molecule has 2 amide bonds. The Morgan fingerprint density at radius 2 is 1.97 bits per heavy atom. The first-order valence-corrected chi connectivity index (χ1v) is 13.1. The molecule has 0 unspecified atom stereocenters. The molecule has 0 spiro atoms. The van der Waals surface area contributed by atoms with E-state index in [0.717, 1.165) is 10.6 Å². The van der Waals surface area contributed by atoms with E-state index >= 15 is 0 Å². The molecule has 9 nitrogen and oxygen atoms in total. The summed E-state index contributed by atoms with van der Waals surface area (Å²) in [5, 5.41) is 5.32. The highest BCUT2D eigenvalue weighted by molar-refractivity contribution is 7.89. The molecular weight excluding hydrogens is 470 g/mol. The maximum absolute atomic E-state index is 12.9. The smallest absolute Gasteiger partial charge is 0.265 e. The van der Waals surface area contributed by atoms with Crippen LogP contribution in [0.5, 0.6) is 0 Å². The Balaban J connectivity index is 1.37. The molecule has 0 aromatic carbocycles. The monoisotopic (exact) mass is 493 g/mol. The highest BCUT2D eigenvalue weighted by Crippen LogP contribution is 2.31. The van der Waals surface area contributed by atoms with E-state index in [1.54, 1.807) is 18.4 Å². The minimum atomic E-state index is -3.77. The number of amides is 2. The average Bonchev–Trinajstić information content (AvgIpc) is 3.48. The number of hydrogen-bond acceptors (Lipinski definition) is 7. The number of rotatable bonds is 6. The molecule has 0 radical (unpaired) electrons. The number of nitrogens with zero attached hydrogens (tertiary/aromatic N) is 3. The number of thiazole rings is 1. The zero-order valence-electron chi connectivity index (χ0n) is 17.6. The Kier molecular flexibility index (Phi) is 6.21. The van der Waals surface area contributed by atoms with Gasteiger partial charge in [0.15, 0.2) is 5.13 Å². The second kappa shape index (κ2) is 8.77. The standard InChI is InChI=1S/C20H23N5O4S3/c1-12-3-4-17(31-12)15-11-30-20(22-15)23-19(27)13-5-7-25(8-6-13)32(28,29)14-9-16(18(21)26)24(2)10-14/h3-4,9-11,13H,5-8H2,1-2H3,(H2,21,26)(H,22,23,27). The molecule has 1 aliphatic heterocycles. The van der Waals surface area contributed by atoms with E-state index in [0.29, 0.717) is 18.0 Å². The molecule has 3 aromatic heterocycles. The lowest BCUT2D eigenvalue weighted by Gasteiger charge is -2.30. The first-order valence-electron chi connectivity index (χ1n) is 9.94. The van der Waals surface area contributed by atoms with Crippen LogP contribution in [0, 0.1) is 12.8 Å². The third-order valence-corrected chi connectivity index (χ3v) is 9.07. The highest BCUT2D eigenvalue weighted by Gasteiger charge is 2.33. The predicted octanol–water partition coefficient (Wildman–Crippen LogP) is 2.66. The minimum absolute atomic E-state index is 0.0239. The molecule has 0 bridgehead atoms. The number of hydrogen-bond donors (Lipinski definition) is 2. The van der Waals surface area contributed by atoms with Crippen molar-refractivity contribution in [2.75, 3.05) is 18.4 Å². The number of aryl methyl sites for hydroxylation is 2. The fraction of sp³-hybridized carbons (Fsp3) is 0.350. The van der Waals surface area contributed by atoms with Gasteiger partial charge < -0.3 is 15.6 Å². The topological polar surface area (TPSA) is 127 Å². The van der Waals surface area contributed by atoms with Crippen molar-refractivity contribution < 1.29 is 18.0 Å². The maximum Gasteiger partial charge on any atom is 0.265 e. The molecule has 1 fully saturated rings. The SMILES string of the molecule is Cc1ccc(-c2csc(NC(=O)C3CCN(S(=O)(=O)c4cc(C(N)=O)n(C)c4)CC3)n2)s1. The van der Waals surface area contributed by atoms with Crippen LogP contribution in [0.1, 0.15) is 28.2 Å². The Hall–Kier alpha value is -2.54. The number of anilines is 1. The molecule has 0 aliphatic carbocycles. The van der Waals surface area contributed by atoms with Crippen molar-refractivity contribution in [2.24, 2.45) is 18.7 Å². The molecule has 3 N–H and O–H groups in total. The first kappa shape index (κ1) is 22.6. The molecule has 0 atom stereocenters. The number of nitrogens with one attached hydrogen (secondary N) is 1. The summed E-state index contributed by atoms with van der Waals surface area (Å²) in [5.74, 6) is -1.14. The normalized spacial score (nSPS) is 15.7. The van der Waals surface area contributed by atoms with E-state index in [-0.39, 0.29) is 35.5 Å². The van der Waals surface area contributed by atoms with Crippen molar-refractivity contribution in [3.05, 3.63) is 40.3 Å². The lowest BCUT2D eigenvalue weighted by atomic mass is 9.97. The van der Waals surface area contributed by atoms with Crippen LogP contribution in [0.4, 0.5) is 5.13 Å². The first-order chi connectivity index (χ1) is 15.1. The third kappa shape index (κ3) is 4.49. The number of piperidine rings is 1. The summed E-state index contributed by atoms with van der Waals surface area (Å²) in [5.41, 5.74) is 6.24. The van der Waals surface area contributed by atoms with Crippen LogP contribution < -0.4 is 11.1 Å². The molecular formula is C20H23N5O4S3. The summed E-state index contributed by atoms with van der Waals surface area (Å²) in [6, 6.07) is 5.32. The number of aromatic nitrogens is 2. The summed E-state index contributed by atoms with van der Waals surface area (Å²) in [6.07, 6.45) is 2.19. The number of thiophene rings is 1. The second-order valence-electron chi connectivity index (χ2n) is 7.65. The highest BCUT2D eigenvalue weighted by atomic mass is 32.2. The van der Waals surface area contributed by atoms with Crippen molar-refractivity contribution in [1.82, 2.24) is 13.9 Å². The van der Waals surface area contributed by atoms with Crippen molar-refractivity contribution in [3.8, 4) is 10.6 Å². The summed E-state index contributed by atoms with van der Waals surface area (Å²) >= 11 is 3.02. The van der Waals surface area contributed by atoms with E-state index in [4.69, 9.17) is 5.73 Å². The van der Waals surface area contributed by atoms with Gasteiger partial charge in [-0.3, -0.25) is 9.59 Å². The van der Waals surface area contributed by atoms with Gasteiger partial charge in [0.05, 0.1) is 10.6 Å². The van der Waals surface area contributed by atoms with Crippen molar-refractivity contribution >= 4 is 49.6 Å². The Morgan fingerprint density at radius 3 is 2.56 bits per heavy atom. The largest absolute Gasteiger partial charge is 0.364 e. The van der Waals surface area contributed by atoms with E-state index in [1.807, 2.05) is 24.4 Å². The summed E-state index contributed by atoms with van der Waals surface area (Å²) in [4.78, 5) is 30.9. The molecule has 1 saturated heterocycles. The molecule has 32 heavy (non-hydrogen) atoms. The molecule has 4 rings (SSSR count). The summed E-state index contributed by atoms with van der Waals surface area (Å²) in [6.45, 7) is 2.47. The zero-order chi connectivity index (χ0) is 23.0. The van der Waals surface area contributed by atoms with E-state index < -0.39 is 15.9 Å². The Morgan fingerprint density at radius 1 is 1.25 bits per heavy atom. The lowest BCUT2D eigenvalue weighted by molar-refractivity contribution is -0.120. The minimum Gasteiger partial charge on any atom is -0.364 e. The molecule has 0 saturated carbocycles. The van der Waals surface area contributed by atoms with Crippen LogP contribution in [0.2, 0.25) is 0 Å². The summed E-state index contributed by atoms with van der Waals surface area (Å²) < 4.78 is 28.6. The van der Waals surface area contributed by atoms with E-state index in [2.05, 4.69) is 10.3 Å². The van der Waals surface area contributed by atoms with Crippen molar-refractivity contribution in [2.45, 2.75) is 24.7 Å². The van der Waals surface area contributed by atoms with Gasteiger partial charge in [0, 0.05) is 42.5 Å². The van der Waals surface area contributed by atoms with E-state index in [9.17, 15) is 18.0 Å². The van der Waals surface area contributed by atoms with Gasteiger partial charge in [-0.1, -0.05) is 0 Å². The number of nitrogens with two attached hydrogens (primary N) is 1. The number of sulfonamides is 1. The maximum atomic E-state index is 12.9. The zero-order valence-corrected chi connectivity index (χ0v) is 20.0. The van der Waals surface area contributed by atoms with Gasteiger partial charge in [0.25, 0.3) is 5.91 Å². The van der Waals surface area contributed by atoms with Gasteiger partial charge in [-0.15, -0.1) is 22.7 Å². The van der Waals surface area contributed by atoms with Crippen molar-refractivity contribution in [1.29, 1.82) is 0 Å². The van der Waals surface area contributed by atoms with E-state index in [1.165, 1.54) is 37.3 Å². The van der Waals surface area contributed by atoms with Crippen LogP contribution in [0.25, 0.3) is 10.6 Å². The molecule has 12 heteroatoms. The predicted molar refractivity (Wildman–Crippen MR) is 124 cm³/mol. The van der Waals surface area contributed by atoms with Gasteiger partial charge in [-0.2, -0.15) is 4.31 Å². The fourth-order valence-corrected chi connectivity index (χ4v) is 6.81. The van der Waals surface area contributed by atoms with Gasteiger partial charge >= 0.3 is 0 Å². The lowest BCUT2D eigenvalue weighted by Crippen LogP contribution is -2.41. The van der Waals surface area contributed by atoms with Crippen LogP contribution in [0.3, 0.4) is 0 Å². The van der Waals surface area contributed by atoms with Crippen LogP contribution in [-0.2, 0) is 21.9 Å². The van der Waals surface area contributed by atoms with Crippen LogP contribution in [0.15, 0.2) is 34.7 Å². The number of primary amides is 1. The Bertz CT molecular complexity index is 1270. The van der Waals surface area contributed by atoms with Gasteiger partial charge in [-0.05, 0) is 38.0 Å². The van der Waals surface area contributed by atoms with Gasteiger partial charge in [-0.25, -0.2) is 13.4 Å². The second-order valence-corrected chi connectivity index (χ2v) is 11.7. The van der Waals surface area contributed by atoms with Gasteiger partial charge in [0.2, 0.25) is 15.9 Å². The van der Waals surface area contributed by atoms with Crippen LogP contribution >= 0.6 is 22.7 Å². The summed E-state index contributed by atoms with van der Waals surface area (Å²) in [7, 11) is -2.20. The Labute approximate surface area is 193 Å².